The first-order chi connectivity index (χ1) is 6.97. The largest absolute Gasteiger partial charge is 0.372 e. The first kappa shape index (κ1) is 11.4. The van der Waals surface area contributed by atoms with Gasteiger partial charge in [-0.3, -0.25) is 4.90 Å². The van der Waals surface area contributed by atoms with E-state index >= 15 is 0 Å². The highest BCUT2D eigenvalue weighted by atomic mass is 16.5. The van der Waals surface area contributed by atoms with Crippen molar-refractivity contribution in [2.45, 2.75) is 51.9 Å². The summed E-state index contributed by atoms with van der Waals surface area (Å²) in [5.41, 5.74) is 6.22. The van der Waals surface area contributed by atoms with E-state index in [2.05, 4.69) is 25.7 Å². The van der Waals surface area contributed by atoms with E-state index in [4.69, 9.17) is 10.5 Å². The van der Waals surface area contributed by atoms with Crippen LogP contribution in [0.3, 0.4) is 0 Å². The van der Waals surface area contributed by atoms with E-state index in [1.165, 1.54) is 12.8 Å². The van der Waals surface area contributed by atoms with E-state index in [0.29, 0.717) is 12.2 Å². The van der Waals surface area contributed by atoms with Gasteiger partial charge in [-0.2, -0.15) is 0 Å². The van der Waals surface area contributed by atoms with Gasteiger partial charge in [-0.1, -0.05) is 13.8 Å². The van der Waals surface area contributed by atoms with E-state index in [1.807, 2.05) is 0 Å². The Balaban J connectivity index is 1.90. The quantitative estimate of drug-likeness (QED) is 0.764. The van der Waals surface area contributed by atoms with Gasteiger partial charge in [-0.15, -0.1) is 0 Å². The third-order valence-corrected chi connectivity index (χ3v) is 3.98. The van der Waals surface area contributed by atoms with Crippen molar-refractivity contribution in [3.63, 3.8) is 0 Å². The summed E-state index contributed by atoms with van der Waals surface area (Å²) in [7, 11) is 0. The van der Waals surface area contributed by atoms with Gasteiger partial charge in [0, 0.05) is 25.7 Å². The highest BCUT2D eigenvalue weighted by molar-refractivity contribution is 4.89. The molecule has 0 spiro atoms. The van der Waals surface area contributed by atoms with Crippen LogP contribution < -0.4 is 5.73 Å². The molecule has 0 radical (unpaired) electrons. The number of rotatable bonds is 3. The molecule has 0 amide bonds. The zero-order valence-electron chi connectivity index (χ0n) is 10.2. The number of ether oxygens (including phenoxy) is 1. The normalized spacial score (nSPS) is 34.4. The molecule has 3 nitrogen and oxygen atoms in total. The van der Waals surface area contributed by atoms with Crippen LogP contribution in [0.5, 0.6) is 0 Å². The minimum Gasteiger partial charge on any atom is -0.372 e. The molecule has 0 saturated carbocycles. The van der Waals surface area contributed by atoms with Crippen molar-refractivity contribution in [3.05, 3.63) is 0 Å². The standard InChI is InChI=1S/C12H24N2O/c1-9(13)12(2,3)8-14-6-10-4-5-11(7-14)15-10/h9-11H,4-8,13H2,1-3H3. The number of nitrogens with zero attached hydrogens (tertiary/aromatic N) is 1. The number of morpholine rings is 1. The van der Waals surface area contributed by atoms with Crippen molar-refractivity contribution < 1.29 is 4.74 Å². The lowest BCUT2D eigenvalue weighted by atomic mass is 9.85. The molecule has 3 heteroatoms. The average molecular weight is 212 g/mol. The summed E-state index contributed by atoms with van der Waals surface area (Å²) in [6.07, 6.45) is 3.49. The molecule has 2 aliphatic rings. The predicted molar refractivity (Wildman–Crippen MR) is 61.8 cm³/mol. The molecule has 3 unspecified atom stereocenters. The third kappa shape index (κ3) is 2.52. The van der Waals surface area contributed by atoms with Crippen molar-refractivity contribution in [2.75, 3.05) is 19.6 Å². The van der Waals surface area contributed by atoms with E-state index in [-0.39, 0.29) is 11.5 Å². The van der Waals surface area contributed by atoms with Crippen molar-refractivity contribution in [1.29, 1.82) is 0 Å². The highest BCUT2D eigenvalue weighted by Crippen LogP contribution is 2.29. The molecule has 0 aromatic rings. The predicted octanol–water partition coefficient (Wildman–Crippen LogP) is 1.22. The Morgan fingerprint density at radius 2 is 1.87 bits per heavy atom. The lowest BCUT2D eigenvalue weighted by Crippen LogP contribution is -2.50. The zero-order valence-corrected chi connectivity index (χ0v) is 10.2. The minimum absolute atomic E-state index is 0.205. The number of fused-ring (bicyclic) bond motifs is 2. The second kappa shape index (κ2) is 4.04. The molecule has 0 aliphatic carbocycles. The lowest BCUT2D eigenvalue weighted by Gasteiger charge is -2.39. The van der Waals surface area contributed by atoms with Crippen LogP contribution in [-0.4, -0.2) is 42.8 Å². The fourth-order valence-corrected chi connectivity index (χ4v) is 2.55. The summed E-state index contributed by atoms with van der Waals surface area (Å²) in [4.78, 5) is 2.54. The van der Waals surface area contributed by atoms with Crippen molar-refractivity contribution >= 4 is 0 Å². The first-order valence-corrected chi connectivity index (χ1v) is 6.11. The van der Waals surface area contributed by atoms with E-state index in [9.17, 15) is 0 Å². The number of hydrogen-bond donors (Lipinski definition) is 1. The van der Waals surface area contributed by atoms with Crippen molar-refractivity contribution in [2.24, 2.45) is 11.1 Å². The van der Waals surface area contributed by atoms with E-state index in [1.54, 1.807) is 0 Å². The Labute approximate surface area is 93.0 Å². The summed E-state index contributed by atoms with van der Waals surface area (Å²) in [6, 6.07) is 0.248. The summed E-state index contributed by atoms with van der Waals surface area (Å²) >= 11 is 0. The van der Waals surface area contributed by atoms with Gasteiger partial charge in [0.25, 0.3) is 0 Å². The number of hydrogen-bond acceptors (Lipinski definition) is 3. The molecule has 2 heterocycles. The summed E-state index contributed by atoms with van der Waals surface area (Å²) in [5, 5.41) is 0. The molecule has 2 aliphatic heterocycles. The van der Waals surface area contributed by atoms with Gasteiger partial charge in [0.1, 0.15) is 0 Å². The molecular weight excluding hydrogens is 188 g/mol. The summed E-state index contributed by atoms with van der Waals surface area (Å²) in [5.74, 6) is 0. The molecule has 2 N–H and O–H groups in total. The smallest absolute Gasteiger partial charge is 0.0707 e. The Hall–Kier alpha value is -0.120. The van der Waals surface area contributed by atoms with E-state index in [0.717, 1.165) is 19.6 Å². The Morgan fingerprint density at radius 1 is 1.33 bits per heavy atom. The fourth-order valence-electron chi connectivity index (χ4n) is 2.55. The molecule has 2 rings (SSSR count). The topological polar surface area (TPSA) is 38.5 Å². The fraction of sp³-hybridized carbons (Fsp3) is 1.00. The SMILES string of the molecule is CC(N)C(C)(C)CN1CC2CCC(C1)O2. The summed E-state index contributed by atoms with van der Waals surface area (Å²) in [6.45, 7) is 9.93. The molecule has 88 valence electrons. The molecule has 0 aromatic heterocycles. The molecule has 3 atom stereocenters. The van der Waals surface area contributed by atoms with Crippen molar-refractivity contribution in [1.82, 2.24) is 4.90 Å². The van der Waals surface area contributed by atoms with Crippen LogP contribution in [-0.2, 0) is 4.74 Å². The molecular formula is C12H24N2O. The van der Waals surface area contributed by atoms with Crippen LogP contribution in [0, 0.1) is 5.41 Å². The molecule has 15 heavy (non-hydrogen) atoms. The van der Waals surface area contributed by atoms with Crippen LogP contribution in [0.2, 0.25) is 0 Å². The Kier molecular flexibility index (Phi) is 3.06. The molecule has 2 saturated heterocycles. The average Bonchev–Trinajstić information content (AvgIpc) is 2.44. The van der Waals surface area contributed by atoms with Gasteiger partial charge in [0.05, 0.1) is 12.2 Å². The Bertz CT molecular complexity index is 216. The second-order valence-electron chi connectivity index (χ2n) is 5.93. The second-order valence-corrected chi connectivity index (χ2v) is 5.93. The maximum Gasteiger partial charge on any atom is 0.0707 e. The van der Waals surface area contributed by atoms with Gasteiger partial charge in [-0.05, 0) is 25.2 Å². The van der Waals surface area contributed by atoms with Gasteiger partial charge < -0.3 is 10.5 Å². The van der Waals surface area contributed by atoms with Crippen LogP contribution in [0.1, 0.15) is 33.6 Å². The van der Waals surface area contributed by atoms with Crippen LogP contribution in [0.15, 0.2) is 0 Å². The monoisotopic (exact) mass is 212 g/mol. The Morgan fingerprint density at radius 3 is 2.33 bits per heavy atom. The lowest BCUT2D eigenvalue weighted by molar-refractivity contribution is -0.0492. The van der Waals surface area contributed by atoms with Gasteiger partial charge in [0.2, 0.25) is 0 Å². The van der Waals surface area contributed by atoms with Crippen LogP contribution in [0.25, 0.3) is 0 Å². The van der Waals surface area contributed by atoms with Gasteiger partial charge >= 0.3 is 0 Å². The number of likely N-dealkylation sites (tertiary alicyclic amines) is 1. The molecule has 2 bridgehead atoms. The third-order valence-electron chi connectivity index (χ3n) is 3.98. The maximum absolute atomic E-state index is 6.01. The molecule has 2 fully saturated rings. The zero-order chi connectivity index (χ0) is 11.1. The maximum atomic E-state index is 6.01. The summed E-state index contributed by atoms with van der Waals surface area (Å²) < 4.78 is 5.83. The van der Waals surface area contributed by atoms with Crippen LogP contribution in [0.4, 0.5) is 0 Å². The number of nitrogens with two attached hydrogens (primary N) is 1. The van der Waals surface area contributed by atoms with E-state index < -0.39 is 0 Å². The van der Waals surface area contributed by atoms with Gasteiger partial charge in [0.15, 0.2) is 0 Å². The minimum atomic E-state index is 0.205. The van der Waals surface area contributed by atoms with Gasteiger partial charge in [-0.25, -0.2) is 0 Å². The molecule has 0 aromatic carbocycles. The highest BCUT2D eigenvalue weighted by Gasteiger charge is 2.36. The van der Waals surface area contributed by atoms with Crippen molar-refractivity contribution in [3.8, 4) is 0 Å². The van der Waals surface area contributed by atoms with Crippen LogP contribution >= 0.6 is 0 Å². The first-order valence-electron chi connectivity index (χ1n) is 6.11.